The number of nitrogens with one attached hydrogen (secondary N) is 1. The van der Waals surface area contributed by atoms with Crippen LogP contribution >= 0.6 is 11.8 Å². The number of thioether (sulfide) groups is 1. The minimum atomic E-state index is -0.246. The largest absolute Gasteiger partial charge is 0.347 e. The number of benzene rings is 2. The first-order valence-electron chi connectivity index (χ1n) is 12.1. The third-order valence-electron chi connectivity index (χ3n) is 6.59. The molecule has 0 atom stereocenters. The Balaban J connectivity index is 1.35. The van der Waals surface area contributed by atoms with Crippen LogP contribution in [0.5, 0.6) is 0 Å². The molecule has 1 aliphatic rings. The Labute approximate surface area is 212 Å². The number of amides is 1. The third kappa shape index (κ3) is 6.61. The minimum absolute atomic E-state index is 0.246. The predicted molar refractivity (Wildman–Crippen MR) is 142 cm³/mol. The molecule has 1 saturated carbocycles. The highest BCUT2D eigenvalue weighted by Crippen LogP contribution is 2.50. The Morgan fingerprint density at radius 1 is 1.14 bits per heavy atom. The van der Waals surface area contributed by atoms with Crippen LogP contribution < -0.4 is 5.32 Å². The van der Waals surface area contributed by atoms with E-state index < -0.39 is 0 Å². The van der Waals surface area contributed by atoms with Crippen molar-refractivity contribution in [3.63, 3.8) is 0 Å². The molecule has 1 aromatic heterocycles. The molecule has 0 bridgehead atoms. The fraction of sp³-hybridized carbons (Fsp3) is 0.393. The van der Waals surface area contributed by atoms with Gasteiger partial charge in [-0.25, -0.2) is 0 Å². The lowest BCUT2D eigenvalue weighted by Gasteiger charge is -2.23. The monoisotopic (exact) mass is 490 g/mol. The van der Waals surface area contributed by atoms with E-state index >= 15 is 0 Å². The average molecular weight is 491 g/mol. The summed E-state index contributed by atoms with van der Waals surface area (Å²) in [4.78, 5) is 27.1. The lowest BCUT2D eigenvalue weighted by molar-refractivity contribution is 0.0944. The fourth-order valence-electron chi connectivity index (χ4n) is 4.30. The Morgan fingerprint density at radius 3 is 2.51 bits per heavy atom. The molecule has 0 radical (unpaired) electrons. The number of aldehydes is 1. The lowest BCUT2D eigenvalue weighted by atomic mass is 10.1. The zero-order valence-electron chi connectivity index (χ0n) is 20.8. The van der Waals surface area contributed by atoms with Gasteiger partial charge in [-0.05, 0) is 44.4 Å². The molecule has 1 fully saturated rings. The highest BCUT2D eigenvalue weighted by atomic mass is 32.2. The van der Waals surface area contributed by atoms with Crippen molar-refractivity contribution < 1.29 is 9.59 Å². The van der Waals surface area contributed by atoms with E-state index in [4.69, 9.17) is 0 Å². The number of aryl methyl sites for hydroxylation is 2. The molecule has 184 valence electrons. The third-order valence-corrected chi connectivity index (χ3v) is 8.22. The molecule has 0 unspecified atom stereocenters. The number of rotatable bonds is 12. The fourth-order valence-corrected chi connectivity index (χ4v) is 5.67. The lowest BCUT2D eigenvalue weighted by Crippen LogP contribution is -2.31. The van der Waals surface area contributed by atoms with Gasteiger partial charge in [0, 0.05) is 42.7 Å². The molecule has 0 saturated heterocycles. The van der Waals surface area contributed by atoms with Crippen molar-refractivity contribution in [1.82, 2.24) is 20.0 Å². The molecule has 1 N–H and O–H groups in total. The van der Waals surface area contributed by atoms with E-state index in [9.17, 15) is 9.59 Å². The van der Waals surface area contributed by atoms with Gasteiger partial charge in [-0.2, -0.15) is 5.10 Å². The van der Waals surface area contributed by atoms with Crippen molar-refractivity contribution in [3.05, 3.63) is 88.2 Å². The SMILES string of the molecule is Cc1ccc(CNC(=O)c2nn(C)c(C=O)c2CCN(C)CC2(SCc3ccccc3)CC2)cc1. The number of likely N-dealkylation sites (N-methyl/N-ethyl adjacent to an activating group) is 1. The van der Waals surface area contributed by atoms with E-state index in [0.29, 0.717) is 29.1 Å². The van der Waals surface area contributed by atoms with Gasteiger partial charge < -0.3 is 10.2 Å². The first-order valence-corrected chi connectivity index (χ1v) is 13.1. The van der Waals surface area contributed by atoms with E-state index in [1.807, 2.05) is 43.0 Å². The number of hydrogen-bond acceptors (Lipinski definition) is 5. The van der Waals surface area contributed by atoms with Gasteiger partial charge in [-0.1, -0.05) is 60.2 Å². The summed E-state index contributed by atoms with van der Waals surface area (Å²) in [5.41, 5.74) is 5.10. The van der Waals surface area contributed by atoms with Crippen LogP contribution in [-0.4, -0.2) is 51.8 Å². The van der Waals surface area contributed by atoms with Crippen LogP contribution in [0.4, 0.5) is 0 Å². The summed E-state index contributed by atoms with van der Waals surface area (Å²) >= 11 is 2.04. The van der Waals surface area contributed by atoms with Crippen molar-refractivity contribution in [3.8, 4) is 0 Å². The molecule has 6 nitrogen and oxygen atoms in total. The zero-order chi connectivity index (χ0) is 24.8. The van der Waals surface area contributed by atoms with Crippen LogP contribution in [0.2, 0.25) is 0 Å². The molecule has 7 heteroatoms. The second-order valence-corrected chi connectivity index (χ2v) is 11.0. The van der Waals surface area contributed by atoms with E-state index in [1.54, 1.807) is 7.05 Å². The molecule has 1 heterocycles. The zero-order valence-corrected chi connectivity index (χ0v) is 21.6. The summed E-state index contributed by atoms with van der Waals surface area (Å²) in [6.45, 7) is 4.22. The molecule has 0 spiro atoms. The van der Waals surface area contributed by atoms with E-state index in [0.717, 1.165) is 36.3 Å². The number of hydrogen-bond donors (Lipinski definition) is 1. The topological polar surface area (TPSA) is 67.2 Å². The van der Waals surface area contributed by atoms with Crippen molar-refractivity contribution in [2.45, 2.75) is 43.2 Å². The molecule has 2 aromatic carbocycles. The van der Waals surface area contributed by atoms with Gasteiger partial charge >= 0.3 is 0 Å². The maximum atomic E-state index is 13.0. The van der Waals surface area contributed by atoms with Gasteiger partial charge in [0.15, 0.2) is 12.0 Å². The van der Waals surface area contributed by atoms with Crippen LogP contribution in [0.25, 0.3) is 0 Å². The molecule has 0 aliphatic heterocycles. The second kappa shape index (κ2) is 11.2. The summed E-state index contributed by atoms with van der Waals surface area (Å²) in [5, 5.41) is 7.35. The maximum Gasteiger partial charge on any atom is 0.272 e. The van der Waals surface area contributed by atoms with Crippen LogP contribution in [0.3, 0.4) is 0 Å². The summed E-state index contributed by atoms with van der Waals surface area (Å²) in [6, 6.07) is 18.7. The molecule has 35 heavy (non-hydrogen) atoms. The smallest absolute Gasteiger partial charge is 0.272 e. The van der Waals surface area contributed by atoms with Gasteiger partial charge in [0.25, 0.3) is 5.91 Å². The van der Waals surface area contributed by atoms with Gasteiger partial charge in [-0.3, -0.25) is 14.3 Å². The van der Waals surface area contributed by atoms with E-state index in [-0.39, 0.29) is 5.91 Å². The van der Waals surface area contributed by atoms with Gasteiger partial charge in [0.1, 0.15) is 5.69 Å². The molecule has 1 amide bonds. The quantitative estimate of drug-likeness (QED) is 0.381. The molecule has 3 aromatic rings. The van der Waals surface area contributed by atoms with Crippen molar-refractivity contribution >= 4 is 24.0 Å². The first-order chi connectivity index (χ1) is 16.9. The minimum Gasteiger partial charge on any atom is -0.347 e. The van der Waals surface area contributed by atoms with Crippen molar-refractivity contribution in [2.75, 3.05) is 20.1 Å². The normalized spacial score (nSPS) is 14.2. The summed E-state index contributed by atoms with van der Waals surface area (Å²) in [5.74, 6) is 0.779. The number of aromatic nitrogens is 2. The Hall–Kier alpha value is -2.90. The molecular weight excluding hydrogens is 456 g/mol. The predicted octanol–water partition coefficient (Wildman–Crippen LogP) is 4.41. The van der Waals surface area contributed by atoms with Gasteiger partial charge in [-0.15, -0.1) is 11.8 Å². The van der Waals surface area contributed by atoms with Crippen molar-refractivity contribution in [1.29, 1.82) is 0 Å². The highest BCUT2D eigenvalue weighted by molar-refractivity contribution is 8.00. The Bertz CT molecular complexity index is 1150. The summed E-state index contributed by atoms with van der Waals surface area (Å²) < 4.78 is 1.82. The van der Waals surface area contributed by atoms with Crippen LogP contribution in [0, 0.1) is 6.92 Å². The standard InChI is InChI=1S/C28H34N4O2S/c1-21-9-11-22(12-10-21)17-29-27(34)26-24(25(18-33)32(3)30-26)13-16-31(2)20-28(14-15-28)35-19-23-7-5-4-6-8-23/h4-12,18H,13-17,19-20H2,1-3H3,(H,29,34). The summed E-state index contributed by atoms with van der Waals surface area (Å²) in [7, 11) is 3.84. The van der Waals surface area contributed by atoms with Gasteiger partial charge in [0.2, 0.25) is 0 Å². The molecular formula is C28H34N4O2S. The second-order valence-electron chi connectivity index (χ2n) is 9.57. The highest BCUT2D eigenvalue weighted by Gasteiger charge is 2.43. The van der Waals surface area contributed by atoms with E-state index in [1.165, 1.54) is 28.7 Å². The number of carbonyl (C=O) groups excluding carboxylic acids is 2. The summed E-state index contributed by atoms with van der Waals surface area (Å²) in [6.07, 6.45) is 3.87. The van der Waals surface area contributed by atoms with Gasteiger partial charge in [0.05, 0.1) is 0 Å². The van der Waals surface area contributed by atoms with Crippen molar-refractivity contribution in [2.24, 2.45) is 7.05 Å². The Kier molecular flexibility index (Phi) is 8.08. The number of carbonyl (C=O) groups is 2. The maximum absolute atomic E-state index is 13.0. The van der Waals surface area contributed by atoms with Crippen LogP contribution in [0.15, 0.2) is 54.6 Å². The van der Waals surface area contributed by atoms with Crippen LogP contribution in [0.1, 0.15) is 56.1 Å². The first kappa shape index (κ1) is 25.2. The van der Waals surface area contributed by atoms with Crippen LogP contribution in [-0.2, 0) is 25.8 Å². The molecule has 4 rings (SSSR count). The molecule has 1 aliphatic carbocycles. The number of nitrogens with zero attached hydrogens (tertiary/aromatic N) is 3. The Morgan fingerprint density at radius 2 is 1.86 bits per heavy atom. The van der Waals surface area contributed by atoms with E-state index in [2.05, 4.69) is 52.7 Å². The average Bonchev–Trinajstić information content (AvgIpc) is 3.55.